The van der Waals surface area contributed by atoms with Crippen LogP contribution in [0.15, 0.2) is 24.3 Å². The summed E-state index contributed by atoms with van der Waals surface area (Å²) < 4.78 is 0. The van der Waals surface area contributed by atoms with Crippen molar-refractivity contribution in [3.8, 4) is 6.07 Å². The van der Waals surface area contributed by atoms with Crippen LogP contribution in [0.4, 0.5) is 0 Å². The Morgan fingerprint density at radius 2 is 2.15 bits per heavy atom. The average molecular weight is 303 g/mol. The number of thiophene rings is 1. The molecule has 1 heterocycles. The first kappa shape index (κ1) is 13.6. The maximum Gasteiger partial charge on any atom is 0.0992 e. The lowest BCUT2D eigenvalue weighted by molar-refractivity contribution is 0.700. The van der Waals surface area contributed by atoms with Crippen molar-refractivity contribution in [3.05, 3.63) is 55.7 Å². The summed E-state index contributed by atoms with van der Waals surface area (Å²) in [5, 5.41) is 12.9. The van der Waals surface area contributed by atoms with Crippen LogP contribution in [0, 0.1) is 11.3 Å². The molecule has 0 unspecified atom stereocenters. The third-order valence-electron chi connectivity index (χ3n) is 3.59. The minimum absolute atomic E-state index is 0.605. The first-order valence-corrected chi connectivity index (χ1v) is 7.95. The molecule has 1 aliphatic carbocycles. The fraction of sp³-hybridized carbons (Fsp3) is 0.312. The summed E-state index contributed by atoms with van der Waals surface area (Å²) in [6.07, 6.45) is 3.81. The van der Waals surface area contributed by atoms with Crippen LogP contribution in [-0.4, -0.2) is 0 Å². The molecule has 1 aliphatic rings. The fourth-order valence-electron chi connectivity index (χ4n) is 2.56. The van der Waals surface area contributed by atoms with E-state index in [1.54, 1.807) is 16.5 Å². The summed E-state index contributed by atoms with van der Waals surface area (Å²) in [6, 6.07) is 9.88. The van der Waals surface area contributed by atoms with Gasteiger partial charge in [-0.05, 0) is 48.6 Å². The first-order chi connectivity index (χ1) is 9.76. The number of aryl methyl sites for hydroxylation is 2. The van der Waals surface area contributed by atoms with E-state index in [4.69, 9.17) is 16.9 Å². The second-order valence-corrected chi connectivity index (χ2v) is 6.66. The fourth-order valence-corrected chi connectivity index (χ4v) is 4.04. The van der Waals surface area contributed by atoms with Crippen LogP contribution < -0.4 is 5.32 Å². The van der Waals surface area contributed by atoms with Gasteiger partial charge in [0.1, 0.15) is 0 Å². The third-order valence-corrected chi connectivity index (χ3v) is 5.18. The van der Waals surface area contributed by atoms with E-state index in [-0.39, 0.29) is 0 Å². The maximum absolute atomic E-state index is 8.81. The van der Waals surface area contributed by atoms with E-state index >= 15 is 0 Å². The van der Waals surface area contributed by atoms with Crippen molar-refractivity contribution in [3.63, 3.8) is 0 Å². The van der Waals surface area contributed by atoms with Gasteiger partial charge in [0.05, 0.1) is 11.6 Å². The highest BCUT2D eigenvalue weighted by Crippen LogP contribution is 2.30. The second-order valence-electron chi connectivity index (χ2n) is 5.04. The van der Waals surface area contributed by atoms with Gasteiger partial charge in [0.2, 0.25) is 0 Å². The summed E-state index contributed by atoms with van der Waals surface area (Å²) in [7, 11) is 0. The largest absolute Gasteiger partial charge is 0.308 e. The molecule has 3 rings (SSSR count). The molecule has 1 aromatic carbocycles. The molecular weight excluding hydrogens is 288 g/mol. The SMILES string of the molecule is N#Cc1ccc(CNCc2cc3c(s2)CCC3)c(Cl)c1. The number of hydrogen-bond donors (Lipinski definition) is 1. The topological polar surface area (TPSA) is 35.8 Å². The van der Waals surface area contributed by atoms with Gasteiger partial charge in [-0.25, -0.2) is 0 Å². The molecular formula is C16H15ClN2S. The van der Waals surface area contributed by atoms with Crippen LogP contribution in [0.3, 0.4) is 0 Å². The molecule has 0 spiro atoms. The molecule has 1 N–H and O–H groups in total. The van der Waals surface area contributed by atoms with Gasteiger partial charge in [-0.15, -0.1) is 11.3 Å². The summed E-state index contributed by atoms with van der Waals surface area (Å²) in [5.74, 6) is 0. The average Bonchev–Trinajstić information content (AvgIpc) is 3.01. The predicted octanol–water partition coefficient (Wildman–Crippen LogP) is 4.05. The molecule has 1 aromatic heterocycles. The van der Waals surface area contributed by atoms with E-state index in [9.17, 15) is 0 Å². The molecule has 0 bridgehead atoms. The van der Waals surface area contributed by atoms with Gasteiger partial charge in [-0.2, -0.15) is 5.26 Å². The Morgan fingerprint density at radius 1 is 1.25 bits per heavy atom. The third kappa shape index (κ3) is 2.88. The van der Waals surface area contributed by atoms with Crippen LogP contribution in [0.1, 0.15) is 32.9 Å². The molecule has 0 saturated carbocycles. The van der Waals surface area contributed by atoms with Crippen molar-refractivity contribution in [2.75, 3.05) is 0 Å². The van der Waals surface area contributed by atoms with Gasteiger partial charge in [0.25, 0.3) is 0 Å². The lowest BCUT2D eigenvalue weighted by Crippen LogP contribution is -2.12. The van der Waals surface area contributed by atoms with Gasteiger partial charge < -0.3 is 5.32 Å². The number of rotatable bonds is 4. The standard InChI is InChI=1S/C16H15ClN2S/c17-15-6-11(8-18)4-5-13(15)9-19-10-14-7-12-2-1-3-16(12)20-14/h4-7,19H,1-3,9-10H2. The highest BCUT2D eigenvalue weighted by atomic mass is 35.5. The van der Waals surface area contributed by atoms with Gasteiger partial charge in [0, 0.05) is 27.9 Å². The van der Waals surface area contributed by atoms with Crippen molar-refractivity contribution in [2.24, 2.45) is 0 Å². The molecule has 2 nitrogen and oxygen atoms in total. The number of fused-ring (bicyclic) bond motifs is 1. The maximum atomic E-state index is 8.81. The zero-order chi connectivity index (χ0) is 13.9. The van der Waals surface area contributed by atoms with Crippen molar-refractivity contribution in [1.29, 1.82) is 5.26 Å². The number of nitriles is 1. The molecule has 102 valence electrons. The van der Waals surface area contributed by atoms with Crippen LogP contribution >= 0.6 is 22.9 Å². The second kappa shape index (κ2) is 5.97. The first-order valence-electron chi connectivity index (χ1n) is 6.76. The number of halogens is 1. The number of hydrogen-bond acceptors (Lipinski definition) is 3. The highest BCUT2D eigenvalue weighted by molar-refractivity contribution is 7.12. The Morgan fingerprint density at radius 3 is 2.90 bits per heavy atom. The Balaban J connectivity index is 1.58. The van der Waals surface area contributed by atoms with Gasteiger partial charge in [-0.1, -0.05) is 17.7 Å². The summed E-state index contributed by atoms with van der Waals surface area (Å²) in [5.41, 5.74) is 3.19. The van der Waals surface area contributed by atoms with Crippen molar-refractivity contribution < 1.29 is 0 Å². The normalized spacial score (nSPS) is 13.2. The van der Waals surface area contributed by atoms with E-state index in [0.717, 1.165) is 18.7 Å². The molecule has 0 saturated heterocycles. The number of nitrogens with one attached hydrogen (secondary N) is 1. The number of nitrogens with zero attached hydrogens (tertiary/aromatic N) is 1. The van der Waals surface area contributed by atoms with Crippen LogP contribution in [-0.2, 0) is 25.9 Å². The summed E-state index contributed by atoms with van der Waals surface area (Å²) in [6.45, 7) is 1.61. The molecule has 0 aliphatic heterocycles. The summed E-state index contributed by atoms with van der Waals surface area (Å²) in [4.78, 5) is 2.97. The summed E-state index contributed by atoms with van der Waals surface area (Å²) >= 11 is 8.09. The van der Waals surface area contributed by atoms with E-state index in [1.165, 1.54) is 24.1 Å². The smallest absolute Gasteiger partial charge is 0.0992 e. The Hall–Kier alpha value is -1.34. The zero-order valence-electron chi connectivity index (χ0n) is 11.1. The molecule has 0 fully saturated rings. The monoisotopic (exact) mass is 302 g/mol. The Kier molecular flexibility index (Phi) is 4.07. The zero-order valence-corrected chi connectivity index (χ0v) is 12.7. The minimum atomic E-state index is 0.605. The van der Waals surface area contributed by atoms with Crippen molar-refractivity contribution in [2.45, 2.75) is 32.4 Å². The highest BCUT2D eigenvalue weighted by Gasteiger charge is 2.14. The molecule has 20 heavy (non-hydrogen) atoms. The molecule has 4 heteroatoms. The predicted molar refractivity (Wildman–Crippen MR) is 83.1 cm³/mol. The van der Waals surface area contributed by atoms with Crippen LogP contribution in [0.5, 0.6) is 0 Å². The van der Waals surface area contributed by atoms with Crippen LogP contribution in [0.2, 0.25) is 5.02 Å². The molecule has 0 atom stereocenters. The Bertz CT molecular complexity index is 648. The lowest BCUT2D eigenvalue weighted by Gasteiger charge is -2.06. The van der Waals surface area contributed by atoms with Gasteiger partial charge >= 0.3 is 0 Å². The van der Waals surface area contributed by atoms with Gasteiger partial charge in [0.15, 0.2) is 0 Å². The van der Waals surface area contributed by atoms with Crippen molar-refractivity contribution in [1.82, 2.24) is 5.32 Å². The van der Waals surface area contributed by atoms with E-state index in [0.29, 0.717) is 10.6 Å². The van der Waals surface area contributed by atoms with Gasteiger partial charge in [-0.3, -0.25) is 0 Å². The van der Waals surface area contributed by atoms with Crippen molar-refractivity contribution >= 4 is 22.9 Å². The number of benzene rings is 1. The Labute approximate surface area is 128 Å². The van der Waals surface area contributed by atoms with E-state index in [2.05, 4.69) is 17.5 Å². The quantitative estimate of drug-likeness (QED) is 0.925. The lowest BCUT2D eigenvalue weighted by atomic mass is 10.1. The van der Waals surface area contributed by atoms with Crippen LogP contribution in [0.25, 0.3) is 0 Å². The molecule has 2 aromatic rings. The molecule has 0 radical (unpaired) electrons. The van der Waals surface area contributed by atoms with E-state index in [1.807, 2.05) is 23.5 Å². The minimum Gasteiger partial charge on any atom is -0.308 e. The molecule has 0 amide bonds. The van der Waals surface area contributed by atoms with E-state index < -0.39 is 0 Å².